The maximum atomic E-state index is 11.6. The first-order chi connectivity index (χ1) is 9.79. The van der Waals surface area contributed by atoms with Crippen LogP contribution in [0.2, 0.25) is 0 Å². The van der Waals surface area contributed by atoms with Crippen LogP contribution in [0.5, 0.6) is 0 Å². The molecule has 110 valence electrons. The van der Waals surface area contributed by atoms with E-state index in [0.717, 1.165) is 38.9 Å². The van der Waals surface area contributed by atoms with Crippen LogP contribution in [0.25, 0.3) is 0 Å². The second-order valence-electron chi connectivity index (χ2n) is 5.28. The number of nitrogens with two attached hydrogens (primary N) is 1. The molecule has 1 saturated heterocycles. The van der Waals surface area contributed by atoms with Crippen LogP contribution in [-0.2, 0) is 11.2 Å². The fraction of sp³-hybridized carbons (Fsp3) is 0.562. The number of benzene rings is 1. The standard InChI is InChI=1S/C16H24N2O2/c1-2-20-16(19)18-12-9-15(10-13-18)17-11-8-14-6-4-3-5-7-14/h3-7,15,17H,2,8-13H2,1H3/p+1. The van der Waals surface area contributed by atoms with Crippen molar-refractivity contribution in [2.75, 3.05) is 26.2 Å². The average molecular weight is 277 g/mol. The normalized spacial score (nSPS) is 16.1. The van der Waals surface area contributed by atoms with Gasteiger partial charge in [-0.15, -0.1) is 0 Å². The third kappa shape index (κ3) is 4.53. The quantitative estimate of drug-likeness (QED) is 0.884. The molecule has 0 unspecified atom stereocenters. The van der Waals surface area contributed by atoms with Crippen LogP contribution in [0.3, 0.4) is 0 Å². The third-order valence-electron chi connectivity index (χ3n) is 3.84. The highest BCUT2D eigenvalue weighted by atomic mass is 16.6. The lowest BCUT2D eigenvalue weighted by Gasteiger charge is -2.29. The van der Waals surface area contributed by atoms with Crippen LogP contribution < -0.4 is 5.32 Å². The average Bonchev–Trinajstić information content (AvgIpc) is 2.49. The Morgan fingerprint density at radius 1 is 1.30 bits per heavy atom. The van der Waals surface area contributed by atoms with Gasteiger partial charge < -0.3 is 15.0 Å². The molecular weight excluding hydrogens is 252 g/mol. The fourth-order valence-electron chi connectivity index (χ4n) is 2.66. The first-order valence-electron chi connectivity index (χ1n) is 7.58. The summed E-state index contributed by atoms with van der Waals surface area (Å²) < 4.78 is 5.03. The number of ether oxygens (including phenoxy) is 1. The molecule has 4 nitrogen and oxygen atoms in total. The highest BCUT2D eigenvalue weighted by Crippen LogP contribution is 2.08. The van der Waals surface area contributed by atoms with Gasteiger partial charge in [0, 0.05) is 32.4 Å². The molecule has 1 aromatic carbocycles. The van der Waals surface area contributed by atoms with Gasteiger partial charge >= 0.3 is 6.09 Å². The summed E-state index contributed by atoms with van der Waals surface area (Å²) in [5.41, 5.74) is 1.40. The maximum Gasteiger partial charge on any atom is 0.409 e. The van der Waals surface area contributed by atoms with Gasteiger partial charge in [-0.1, -0.05) is 30.3 Å². The lowest BCUT2D eigenvalue weighted by Crippen LogP contribution is -2.91. The maximum absolute atomic E-state index is 11.6. The van der Waals surface area contributed by atoms with Crippen LogP contribution in [0.4, 0.5) is 4.79 Å². The number of piperidine rings is 1. The summed E-state index contributed by atoms with van der Waals surface area (Å²) in [7, 11) is 0. The van der Waals surface area contributed by atoms with Crippen LogP contribution in [0.15, 0.2) is 30.3 Å². The topological polar surface area (TPSA) is 46.1 Å². The molecular formula is C16H25N2O2+. The van der Waals surface area contributed by atoms with E-state index in [1.54, 1.807) is 0 Å². The monoisotopic (exact) mass is 277 g/mol. The zero-order chi connectivity index (χ0) is 14.2. The second-order valence-corrected chi connectivity index (χ2v) is 5.28. The van der Waals surface area contributed by atoms with Crippen molar-refractivity contribution in [2.45, 2.75) is 32.2 Å². The number of carbonyl (C=O) groups is 1. The minimum atomic E-state index is -0.157. The van der Waals surface area contributed by atoms with Gasteiger partial charge in [0.05, 0.1) is 19.2 Å². The number of carbonyl (C=O) groups excluding carboxylic acids is 1. The van der Waals surface area contributed by atoms with Crippen molar-refractivity contribution in [3.63, 3.8) is 0 Å². The summed E-state index contributed by atoms with van der Waals surface area (Å²) in [6.07, 6.45) is 3.08. The van der Waals surface area contributed by atoms with Gasteiger partial charge in [-0.05, 0) is 12.5 Å². The van der Waals surface area contributed by atoms with Gasteiger partial charge in [0.1, 0.15) is 0 Å². The minimum Gasteiger partial charge on any atom is -0.450 e. The van der Waals surface area contributed by atoms with E-state index in [2.05, 4.69) is 35.6 Å². The largest absolute Gasteiger partial charge is 0.450 e. The van der Waals surface area contributed by atoms with Gasteiger partial charge in [-0.3, -0.25) is 0 Å². The number of hydrogen-bond donors (Lipinski definition) is 1. The molecule has 2 N–H and O–H groups in total. The highest BCUT2D eigenvalue weighted by Gasteiger charge is 2.24. The summed E-state index contributed by atoms with van der Waals surface area (Å²) in [6.45, 7) is 5.08. The molecule has 1 heterocycles. The van der Waals surface area contributed by atoms with E-state index in [4.69, 9.17) is 4.74 Å². The molecule has 0 atom stereocenters. The van der Waals surface area contributed by atoms with E-state index < -0.39 is 0 Å². The summed E-state index contributed by atoms with van der Waals surface area (Å²) in [5.74, 6) is 0. The molecule has 1 aromatic rings. The van der Waals surface area contributed by atoms with Crippen molar-refractivity contribution in [3.05, 3.63) is 35.9 Å². The predicted octanol–water partition coefficient (Wildman–Crippen LogP) is 1.41. The van der Waals surface area contributed by atoms with Crippen molar-refractivity contribution < 1.29 is 14.8 Å². The zero-order valence-corrected chi connectivity index (χ0v) is 12.3. The van der Waals surface area contributed by atoms with E-state index in [1.807, 2.05) is 11.8 Å². The van der Waals surface area contributed by atoms with E-state index in [9.17, 15) is 4.79 Å². The second kappa shape index (κ2) is 7.90. The molecule has 0 radical (unpaired) electrons. The SMILES string of the molecule is CCOC(=O)N1CCC([NH2+]CCc2ccccc2)CC1. The van der Waals surface area contributed by atoms with E-state index in [0.29, 0.717) is 12.6 Å². The Bertz CT molecular complexity index is 400. The Kier molecular flexibility index (Phi) is 5.87. The van der Waals surface area contributed by atoms with Crippen LogP contribution in [0.1, 0.15) is 25.3 Å². The Morgan fingerprint density at radius 2 is 2.00 bits per heavy atom. The molecule has 1 amide bonds. The first kappa shape index (κ1) is 14.9. The molecule has 2 rings (SSSR count). The van der Waals surface area contributed by atoms with Crippen molar-refractivity contribution >= 4 is 6.09 Å². The molecule has 0 spiro atoms. The van der Waals surface area contributed by atoms with Gasteiger partial charge in [-0.25, -0.2) is 4.79 Å². The number of quaternary nitrogens is 1. The lowest BCUT2D eigenvalue weighted by atomic mass is 10.0. The van der Waals surface area contributed by atoms with Crippen LogP contribution >= 0.6 is 0 Å². The molecule has 1 aliphatic heterocycles. The Balaban J connectivity index is 1.63. The fourth-order valence-corrected chi connectivity index (χ4v) is 2.66. The smallest absolute Gasteiger partial charge is 0.409 e. The molecule has 0 bridgehead atoms. The van der Waals surface area contributed by atoms with Crippen LogP contribution in [0, 0.1) is 0 Å². The van der Waals surface area contributed by atoms with E-state index >= 15 is 0 Å². The number of nitrogens with zero attached hydrogens (tertiary/aromatic N) is 1. The highest BCUT2D eigenvalue weighted by molar-refractivity contribution is 5.67. The Hall–Kier alpha value is -1.55. The molecule has 20 heavy (non-hydrogen) atoms. The van der Waals surface area contributed by atoms with E-state index in [1.165, 1.54) is 5.56 Å². The number of hydrogen-bond acceptors (Lipinski definition) is 2. The lowest BCUT2D eigenvalue weighted by molar-refractivity contribution is -0.691. The summed E-state index contributed by atoms with van der Waals surface area (Å²) in [4.78, 5) is 13.4. The van der Waals surface area contributed by atoms with Crippen molar-refractivity contribution in [1.29, 1.82) is 0 Å². The Morgan fingerprint density at radius 3 is 2.65 bits per heavy atom. The minimum absolute atomic E-state index is 0.157. The molecule has 1 fully saturated rings. The van der Waals surface area contributed by atoms with Crippen LogP contribution in [-0.4, -0.2) is 43.3 Å². The molecule has 4 heteroatoms. The van der Waals surface area contributed by atoms with Crippen molar-refractivity contribution in [1.82, 2.24) is 4.90 Å². The van der Waals surface area contributed by atoms with Crippen molar-refractivity contribution in [2.24, 2.45) is 0 Å². The number of likely N-dealkylation sites (tertiary alicyclic amines) is 1. The molecule has 0 aliphatic carbocycles. The zero-order valence-electron chi connectivity index (χ0n) is 12.3. The van der Waals surface area contributed by atoms with Gasteiger partial charge in [0.25, 0.3) is 0 Å². The number of rotatable bonds is 5. The van der Waals surface area contributed by atoms with Crippen molar-refractivity contribution in [3.8, 4) is 0 Å². The van der Waals surface area contributed by atoms with Gasteiger partial charge in [-0.2, -0.15) is 0 Å². The molecule has 1 aliphatic rings. The van der Waals surface area contributed by atoms with Gasteiger partial charge in [0.15, 0.2) is 0 Å². The third-order valence-corrected chi connectivity index (χ3v) is 3.84. The summed E-state index contributed by atoms with van der Waals surface area (Å²) in [5, 5.41) is 2.43. The number of amides is 1. The van der Waals surface area contributed by atoms with E-state index in [-0.39, 0.29) is 6.09 Å². The first-order valence-corrected chi connectivity index (χ1v) is 7.58. The van der Waals surface area contributed by atoms with Gasteiger partial charge in [0.2, 0.25) is 0 Å². The Labute approximate surface area is 121 Å². The summed E-state index contributed by atoms with van der Waals surface area (Å²) in [6, 6.07) is 11.2. The molecule has 0 aromatic heterocycles. The molecule has 0 saturated carbocycles. The summed E-state index contributed by atoms with van der Waals surface area (Å²) >= 11 is 0. The predicted molar refractivity (Wildman–Crippen MR) is 78.6 cm³/mol.